The highest BCUT2D eigenvalue weighted by atomic mass is 14.7. The van der Waals surface area contributed by atoms with Crippen molar-refractivity contribution < 1.29 is 0 Å². The van der Waals surface area contributed by atoms with Crippen LogP contribution in [0, 0.1) is 13.8 Å². The molecule has 0 amide bonds. The molecular formula is C17H21N. The molecule has 0 bridgehead atoms. The molecule has 0 fully saturated rings. The van der Waals surface area contributed by atoms with Crippen LogP contribution in [0.2, 0.25) is 0 Å². The zero-order valence-electron chi connectivity index (χ0n) is 11.9. The van der Waals surface area contributed by atoms with Crippen molar-refractivity contribution in [2.75, 3.05) is 0 Å². The highest BCUT2D eigenvalue weighted by molar-refractivity contribution is 5.64. The summed E-state index contributed by atoms with van der Waals surface area (Å²) in [6.07, 6.45) is 2.02. The van der Waals surface area contributed by atoms with Crippen LogP contribution >= 0.6 is 0 Å². The second-order valence-electron chi connectivity index (χ2n) is 5.95. The Kier molecular flexibility index (Phi) is 3.25. The fourth-order valence-corrected chi connectivity index (χ4v) is 2.35. The van der Waals surface area contributed by atoms with Gasteiger partial charge in [-0.1, -0.05) is 45.0 Å². The number of benzene rings is 1. The number of pyridine rings is 1. The minimum Gasteiger partial charge on any atom is -0.256 e. The van der Waals surface area contributed by atoms with Crippen molar-refractivity contribution in [2.24, 2.45) is 0 Å². The van der Waals surface area contributed by atoms with E-state index in [4.69, 9.17) is 0 Å². The lowest BCUT2D eigenvalue weighted by molar-refractivity contribution is 0.583. The van der Waals surface area contributed by atoms with E-state index in [2.05, 4.69) is 69.9 Å². The lowest BCUT2D eigenvalue weighted by Crippen LogP contribution is -2.13. The number of hydrogen-bond donors (Lipinski definition) is 0. The summed E-state index contributed by atoms with van der Waals surface area (Å²) in [5.74, 6) is 0. The third-order valence-electron chi connectivity index (χ3n) is 3.34. The molecule has 2 rings (SSSR count). The van der Waals surface area contributed by atoms with E-state index < -0.39 is 0 Å². The van der Waals surface area contributed by atoms with Crippen LogP contribution in [0.15, 0.2) is 36.5 Å². The quantitative estimate of drug-likeness (QED) is 0.705. The van der Waals surface area contributed by atoms with E-state index in [0.717, 1.165) is 5.69 Å². The summed E-state index contributed by atoms with van der Waals surface area (Å²) in [5, 5.41) is 0. The molecular weight excluding hydrogens is 218 g/mol. The Morgan fingerprint density at radius 2 is 1.61 bits per heavy atom. The van der Waals surface area contributed by atoms with Crippen LogP contribution in [0.1, 0.15) is 37.5 Å². The van der Waals surface area contributed by atoms with Crippen molar-refractivity contribution in [3.05, 3.63) is 53.2 Å². The van der Waals surface area contributed by atoms with Crippen molar-refractivity contribution in [1.82, 2.24) is 4.98 Å². The topological polar surface area (TPSA) is 12.9 Å². The molecule has 0 N–H and O–H groups in total. The van der Waals surface area contributed by atoms with Crippen LogP contribution in [0.4, 0.5) is 0 Å². The zero-order valence-corrected chi connectivity index (χ0v) is 11.9. The molecule has 1 nitrogen and oxygen atoms in total. The van der Waals surface area contributed by atoms with Crippen LogP contribution in [0.3, 0.4) is 0 Å². The van der Waals surface area contributed by atoms with Gasteiger partial charge in [-0.3, -0.25) is 4.98 Å². The van der Waals surface area contributed by atoms with Gasteiger partial charge in [0.2, 0.25) is 0 Å². The van der Waals surface area contributed by atoms with E-state index in [9.17, 15) is 0 Å². The molecule has 18 heavy (non-hydrogen) atoms. The van der Waals surface area contributed by atoms with E-state index in [1.807, 2.05) is 6.20 Å². The Hall–Kier alpha value is -1.63. The number of rotatable bonds is 1. The third kappa shape index (κ3) is 2.45. The first kappa shape index (κ1) is 12.8. The third-order valence-corrected chi connectivity index (χ3v) is 3.34. The first-order chi connectivity index (χ1) is 8.39. The maximum Gasteiger partial charge on any atom is 0.0707 e. The van der Waals surface area contributed by atoms with Gasteiger partial charge in [-0.2, -0.15) is 0 Å². The fraction of sp³-hybridized carbons (Fsp3) is 0.353. The van der Waals surface area contributed by atoms with Crippen molar-refractivity contribution in [1.29, 1.82) is 0 Å². The standard InChI is InChI=1S/C17H21N/c1-12-8-6-7-9-14(12)16-10-13(2)15(11-18-16)17(3,4)5/h6-11H,1-5H3. The molecule has 94 valence electrons. The van der Waals surface area contributed by atoms with Gasteiger partial charge in [0.1, 0.15) is 0 Å². The average molecular weight is 239 g/mol. The van der Waals surface area contributed by atoms with E-state index >= 15 is 0 Å². The van der Waals surface area contributed by atoms with Crippen LogP contribution in [-0.2, 0) is 5.41 Å². The molecule has 0 aliphatic heterocycles. The number of hydrogen-bond acceptors (Lipinski definition) is 1. The van der Waals surface area contributed by atoms with Gasteiger partial charge in [0.15, 0.2) is 0 Å². The molecule has 1 aromatic heterocycles. The molecule has 1 heterocycles. The highest BCUT2D eigenvalue weighted by Crippen LogP contribution is 2.28. The van der Waals surface area contributed by atoms with E-state index in [0.29, 0.717) is 0 Å². The Labute approximate surface area is 110 Å². The molecule has 0 saturated carbocycles. The molecule has 0 aliphatic rings. The van der Waals surface area contributed by atoms with Gasteiger partial charge in [-0.15, -0.1) is 0 Å². The van der Waals surface area contributed by atoms with E-state index in [-0.39, 0.29) is 5.41 Å². The first-order valence-corrected chi connectivity index (χ1v) is 6.43. The Morgan fingerprint density at radius 3 is 2.17 bits per heavy atom. The summed E-state index contributed by atoms with van der Waals surface area (Å²) in [6.45, 7) is 11.0. The van der Waals surface area contributed by atoms with Gasteiger partial charge in [0, 0.05) is 11.8 Å². The molecule has 0 atom stereocenters. The van der Waals surface area contributed by atoms with Crippen molar-refractivity contribution >= 4 is 0 Å². The number of aryl methyl sites for hydroxylation is 2. The number of aromatic nitrogens is 1. The smallest absolute Gasteiger partial charge is 0.0707 e. The second kappa shape index (κ2) is 4.56. The molecule has 0 saturated heterocycles. The van der Waals surface area contributed by atoms with Crippen LogP contribution in [0.5, 0.6) is 0 Å². The monoisotopic (exact) mass is 239 g/mol. The second-order valence-corrected chi connectivity index (χ2v) is 5.95. The molecule has 0 unspecified atom stereocenters. The molecule has 1 heteroatoms. The Morgan fingerprint density at radius 1 is 0.944 bits per heavy atom. The van der Waals surface area contributed by atoms with Crippen LogP contribution < -0.4 is 0 Å². The predicted octanol–water partition coefficient (Wildman–Crippen LogP) is 4.66. The van der Waals surface area contributed by atoms with Crippen LogP contribution in [-0.4, -0.2) is 4.98 Å². The SMILES string of the molecule is Cc1ccccc1-c1cc(C)c(C(C)(C)C)cn1. The van der Waals surface area contributed by atoms with Crippen molar-refractivity contribution in [2.45, 2.75) is 40.0 Å². The summed E-state index contributed by atoms with van der Waals surface area (Å²) < 4.78 is 0. The van der Waals surface area contributed by atoms with Gasteiger partial charge in [-0.25, -0.2) is 0 Å². The van der Waals surface area contributed by atoms with Crippen molar-refractivity contribution in [3.8, 4) is 11.3 Å². The summed E-state index contributed by atoms with van der Waals surface area (Å²) in [4.78, 5) is 4.64. The molecule has 2 aromatic rings. The predicted molar refractivity (Wildman–Crippen MR) is 77.8 cm³/mol. The van der Waals surface area contributed by atoms with E-state index in [1.165, 1.54) is 22.3 Å². The number of nitrogens with zero attached hydrogens (tertiary/aromatic N) is 1. The maximum atomic E-state index is 4.64. The summed E-state index contributed by atoms with van der Waals surface area (Å²) in [7, 11) is 0. The lowest BCUT2D eigenvalue weighted by atomic mass is 9.85. The zero-order chi connectivity index (χ0) is 13.3. The minimum absolute atomic E-state index is 0.154. The highest BCUT2D eigenvalue weighted by Gasteiger charge is 2.17. The average Bonchev–Trinajstić information content (AvgIpc) is 2.27. The maximum absolute atomic E-state index is 4.64. The molecule has 0 spiro atoms. The van der Waals surface area contributed by atoms with Gasteiger partial charge < -0.3 is 0 Å². The molecule has 0 aliphatic carbocycles. The summed E-state index contributed by atoms with van der Waals surface area (Å²) in [5.41, 5.74) is 6.35. The first-order valence-electron chi connectivity index (χ1n) is 6.43. The van der Waals surface area contributed by atoms with Gasteiger partial charge in [0.05, 0.1) is 5.69 Å². The summed E-state index contributed by atoms with van der Waals surface area (Å²) in [6, 6.07) is 10.6. The Bertz CT molecular complexity index is 562. The molecule has 0 radical (unpaired) electrons. The Balaban J connectivity index is 2.51. The van der Waals surface area contributed by atoms with Crippen LogP contribution in [0.25, 0.3) is 11.3 Å². The molecule has 1 aromatic carbocycles. The van der Waals surface area contributed by atoms with Gasteiger partial charge >= 0.3 is 0 Å². The van der Waals surface area contributed by atoms with Gasteiger partial charge in [-0.05, 0) is 42.0 Å². The normalized spacial score (nSPS) is 11.6. The lowest BCUT2D eigenvalue weighted by Gasteiger charge is -2.21. The fourth-order valence-electron chi connectivity index (χ4n) is 2.35. The largest absolute Gasteiger partial charge is 0.256 e. The van der Waals surface area contributed by atoms with Crippen molar-refractivity contribution in [3.63, 3.8) is 0 Å². The van der Waals surface area contributed by atoms with E-state index in [1.54, 1.807) is 0 Å². The minimum atomic E-state index is 0.154. The summed E-state index contributed by atoms with van der Waals surface area (Å²) >= 11 is 0. The van der Waals surface area contributed by atoms with Gasteiger partial charge in [0.25, 0.3) is 0 Å².